The molecule has 0 fully saturated rings. The molecule has 108 valence electrons. The van der Waals surface area contributed by atoms with E-state index in [1.807, 2.05) is 37.3 Å². The van der Waals surface area contributed by atoms with Crippen LogP contribution in [0.2, 0.25) is 0 Å². The van der Waals surface area contributed by atoms with Gasteiger partial charge >= 0.3 is 0 Å². The first-order chi connectivity index (χ1) is 10.1. The van der Waals surface area contributed by atoms with Gasteiger partial charge in [-0.15, -0.1) is 0 Å². The van der Waals surface area contributed by atoms with Crippen LogP contribution in [0.5, 0.6) is 0 Å². The van der Waals surface area contributed by atoms with Crippen molar-refractivity contribution >= 4 is 11.6 Å². The molecule has 0 aliphatic rings. The van der Waals surface area contributed by atoms with E-state index in [2.05, 4.69) is 5.32 Å². The Bertz CT molecular complexity index is 641. The van der Waals surface area contributed by atoms with Crippen LogP contribution in [0.1, 0.15) is 28.8 Å². The van der Waals surface area contributed by atoms with E-state index in [0.29, 0.717) is 6.54 Å². The van der Waals surface area contributed by atoms with Crippen LogP contribution in [0, 0.1) is 10.1 Å². The fourth-order valence-corrected chi connectivity index (χ4v) is 2.07. The van der Waals surface area contributed by atoms with Crippen LogP contribution in [0.25, 0.3) is 0 Å². The largest absolute Gasteiger partial charge is 0.351 e. The molecule has 21 heavy (non-hydrogen) atoms. The molecule has 2 aromatic carbocycles. The zero-order valence-corrected chi connectivity index (χ0v) is 11.7. The first kappa shape index (κ1) is 14.7. The van der Waals surface area contributed by atoms with Gasteiger partial charge in [-0.25, -0.2) is 0 Å². The van der Waals surface area contributed by atoms with Crippen LogP contribution in [-0.2, 0) is 0 Å². The monoisotopic (exact) mass is 284 g/mol. The van der Waals surface area contributed by atoms with Crippen molar-refractivity contribution in [3.05, 3.63) is 75.8 Å². The second-order valence-electron chi connectivity index (χ2n) is 4.80. The topological polar surface area (TPSA) is 72.2 Å². The molecule has 1 amide bonds. The van der Waals surface area contributed by atoms with Gasteiger partial charge in [-0.2, -0.15) is 0 Å². The molecule has 2 rings (SSSR count). The third-order valence-electron chi connectivity index (χ3n) is 3.28. The summed E-state index contributed by atoms with van der Waals surface area (Å²) in [5.41, 5.74) is 1.02. The molecule has 1 N–H and O–H groups in total. The number of hydrogen-bond donors (Lipinski definition) is 1. The Balaban J connectivity index is 2.04. The number of para-hydroxylation sites is 1. The minimum Gasteiger partial charge on any atom is -0.351 e. The molecule has 0 aliphatic heterocycles. The van der Waals surface area contributed by atoms with Gasteiger partial charge in [0.15, 0.2) is 0 Å². The summed E-state index contributed by atoms with van der Waals surface area (Å²) in [4.78, 5) is 22.5. The standard InChI is InChI=1S/C16H16N2O3/c1-12(13-7-3-2-4-8-13)11-17-16(19)14-9-5-6-10-15(14)18(20)21/h2-10,12H,11H2,1H3,(H,17,19)/t12-/m1/s1. The number of carbonyl (C=O) groups is 1. The first-order valence-corrected chi connectivity index (χ1v) is 6.66. The quantitative estimate of drug-likeness (QED) is 0.677. The Hall–Kier alpha value is -2.69. The SMILES string of the molecule is C[C@H](CNC(=O)c1ccccc1[N+](=O)[O-])c1ccccc1. The number of nitrogens with zero attached hydrogens (tertiary/aromatic N) is 1. The minimum atomic E-state index is -0.546. The smallest absolute Gasteiger partial charge is 0.282 e. The molecule has 0 saturated heterocycles. The van der Waals surface area contributed by atoms with Crippen LogP contribution in [0.4, 0.5) is 5.69 Å². The fourth-order valence-electron chi connectivity index (χ4n) is 2.07. The Labute approximate surface area is 122 Å². The van der Waals surface area contributed by atoms with Crippen LogP contribution < -0.4 is 5.32 Å². The van der Waals surface area contributed by atoms with E-state index < -0.39 is 10.8 Å². The first-order valence-electron chi connectivity index (χ1n) is 6.66. The Morgan fingerprint density at radius 3 is 2.43 bits per heavy atom. The van der Waals surface area contributed by atoms with Crippen molar-refractivity contribution in [2.24, 2.45) is 0 Å². The molecule has 2 aromatic rings. The maximum atomic E-state index is 12.1. The molecule has 0 bridgehead atoms. The maximum Gasteiger partial charge on any atom is 0.282 e. The van der Waals surface area contributed by atoms with Gasteiger partial charge in [-0.05, 0) is 17.5 Å². The Morgan fingerprint density at radius 1 is 1.14 bits per heavy atom. The van der Waals surface area contributed by atoms with Crippen LogP contribution >= 0.6 is 0 Å². The van der Waals surface area contributed by atoms with E-state index >= 15 is 0 Å². The highest BCUT2D eigenvalue weighted by Gasteiger charge is 2.19. The van der Waals surface area contributed by atoms with Crippen molar-refractivity contribution in [1.82, 2.24) is 5.32 Å². The maximum absolute atomic E-state index is 12.1. The molecule has 0 unspecified atom stereocenters. The lowest BCUT2D eigenvalue weighted by Gasteiger charge is -2.13. The molecule has 5 nitrogen and oxygen atoms in total. The minimum absolute atomic E-state index is 0.0859. The van der Waals surface area contributed by atoms with Gasteiger partial charge in [0.05, 0.1) is 4.92 Å². The summed E-state index contributed by atoms with van der Waals surface area (Å²) >= 11 is 0. The van der Waals surface area contributed by atoms with E-state index in [1.54, 1.807) is 12.1 Å². The van der Waals surface area contributed by atoms with E-state index in [9.17, 15) is 14.9 Å². The molecule has 0 saturated carbocycles. The summed E-state index contributed by atoms with van der Waals surface area (Å²) in [5.74, 6) is -0.289. The summed E-state index contributed by atoms with van der Waals surface area (Å²) in [6.45, 7) is 2.42. The van der Waals surface area contributed by atoms with Crippen molar-refractivity contribution in [3.63, 3.8) is 0 Å². The third kappa shape index (κ3) is 3.66. The highest BCUT2D eigenvalue weighted by atomic mass is 16.6. The van der Waals surface area contributed by atoms with Crippen molar-refractivity contribution in [2.75, 3.05) is 6.54 Å². The van der Waals surface area contributed by atoms with Gasteiger partial charge in [-0.1, -0.05) is 49.4 Å². The lowest BCUT2D eigenvalue weighted by atomic mass is 10.0. The van der Waals surface area contributed by atoms with Crippen molar-refractivity contribution in [3.8, 4) is 0 Å². The van der Waals surface area contributed by atoms with Gasteiger partial charge < -0.3 is 5.32 Å². The van der Waals surface area contributed by atoms with E-state index in [0.717, 1.165) is 5.56 Å². The van der Waals surface area contributed by atoms with Gasteiger partial charge in [0.25, 0.3) is 11.6 Å². The van der Waals surface area contributed by atoms with E-state index in [1.165, 1.54) is 12.1 Å². The summed E-state index contributed by atoms with van der Waals surface area (Å²) in [5, 5.41) is 13.7. The number of amides is 1. The lowest BCUT2D eigenvalue weighted by molar-refractivity contribution is -0.385. The molecule has 0 radical (unpaired) electrons. The average molecular weight is 284 g/mol. The average Bonchev–Trinajstić information content (AvgIpc) is 2.53. The molecule has 0 spiro atoms. The molecular weight excluding hydrogens is 268 g/mol. The van der Waals surface area contributed by atoms with Crippen molar-refractivity contribution in [2.45, 2.75) is 12.8 Å². The number of nitro groups is 1. The zero-order valence-electron chi connectivity index (χ0n) is 11.7. The van der Waals surface area contributed by atoms with E-state index in [-0.39, 0.29) is 17.2 Å². The third-order valence-corrected chi connectivity index (χ3v) is 3.28. The van der Waals surface area contributed by atoms with Crippen molar-refractivity contribution < 1.29 is 9.72 Å². The Morgan fingerprint density at radius 2 is 1.76 bits per heavy atom. The van der Waals surface area contributed by atoms with Crippen LogP contribution in [0.15, 0.2) is 54.6 Å². The molecule has 0 aromatic heterocycles. The molecule has 0 aliphatic carbocycles. The highest BCUT2D eigenvalue weighted by Crippen LogP contribution is 2.18. The number of nitrogens with one attached hydrogen (secondary N) is 1. The zero-order chi connectivity index (χ0) is 15.2. The molecular formula is C16H16N2O3. The van der Waals surface area contributed by atoms with Gasteiger partial charge in [-0.3, -0.25) is 14.9 Å². The van der Waals surface area contributed by atoms with Gasteiger partial charge in [0.1, 0.15) is 5.56 Å². The number of hydrogen-bond acceptors (Lipinski definition) is 3. The predicted octanol–water partition coefficient (Wildman–Crippen LogP) is 3.13. The summed E-state index contributed by atoms with van der Waals surface area (Å²) in [6.07, 6.45) is 0. The second-order valence-corrected chi connectivity index (χ2v) is 4.80. The normalized spacial score (nSPS) is 11.7. The number of benzene rings is 2. The lowest BCUT2D eigenvalue weighted by Crippen LogP contribution is -2.28. The number of carbonyl (C=O) groups excluding carboxylic acids is 1. The molecule has 0 heterocycles. The van der Waals surface area contributed by atoms with Crippen LogP contribution in [-0.4, -0.2) is 17.4 Å². The molecule has 5 heteroatoms. The van der Waals surface area contributed by atoms with Gasteiger partial charge in [0.2, 0.25) is 0 Å². The molecule has 1 atom stereocenters. The van der Waals surface area contributed by atoms with Gasteiger partial charge in [0, 0.05) is 12.6 Å². The predicted molar refractivity (Wildman–Crippen MR) is 80.3 cm³/mol. The van der Waals surface area contributed by atoms with Crippen molar-refractivity contribution in [1.29, 1.82) is 0 Å². The highest BCUT2D eigenvalue weighted by molar-refractivity contribution is 5.98. The second kappa shape index (κ2) is 6.65. The fraction of sp³-hybridized carbons (Fsp3) is 0.188. The summed E-state index contributed by atoms with van der Waals surface area (Å²) in [6, 6.07) is 15.7. The Kier molecular flexibility index (Phi) is 4.66. The number of nitro benzene ring substituents is 1. The summed E-state index contributed by atoms with van der Waals surface area (Å²) in [7, 11) is 0. The number of rotatable bonds is 5. The van der Waals surface area contributed by atoms with E-state index in [4.69, 9.17) is 0 Å². The summed E-state index contributed by atoms with van der Waals surface area (Å²) < 4.78 is 0. The van der Waals surface area contributed by atoms with Crippen LogP contribution in [0.3, 0.4) is 0 Å².